The van der Waals surface area contributed by atoms with E-state index in [1.54, 1.807) is 6.20 Å². The molecule has 0 N–H and O–H groups in total. The van der Waals surface area contributed by atoms with Gasteiger partial charge in [-0.1, -0.05) is 48.0 Å². The Morgan fingerprint density at radius 2 is 1.75 bits per heavy atom. The third-order valence-corrected chi connectivity index (χ3v) is 4.37. The normalized spacial score (nSPS) is 12.3. The fraction of sp³-hybridized carbons (Fsp3) is 0.150. The highest BCUT2D eigenvalue weighted by molar-refractivity contribution is 6.31. The third-order valence-electron chi connectivity index (χ3n) is 4.00. The van der Waals surface area contributed by atoms with Gasteiger partial charge in [0.1, 0.15) is 5.82 Å². The molecule has 24 heavy (non-hydrogen) atoms. The van der Waals surface area contributed by atoms with Gasteiger partial charge in [0.15, 0.2) is 0 Å². The van der Waals surface area contributed by atoms with Crippen LogP contribution in [0, 0.1) is 5.82 Å². The molecule has 0 amide bonds. The zero-order valence-corrected chi connectivity index (χ0v) is 14.1. The number of benzene rings is 2. The second kappa shape index (κ2) is 7.56. The van der Waals surface area contributed by atoms with E-state index in [1.807, 2.05) is 61.8 Å². The van der Waals surface area contributed by atoms with E-state index in [0.29, 0.717) is 6.54 Å². The number of hydrogen-bond donors (Lipinski definition) is 0. The van der Waals surface area contributed by atoms with Gasteiger partial charge in [-0.25, -0.2) is 4.39 Å². The van der Waals surface area contributed by atoms with E-state index in [-0.39, 0.29) is 11.9 Å². The molecule has 2 nitrogen and oxygen atoms in total. The molecule has 0 spiro atoms. The van der Waals surface area contributed by atoms with Crippen LogP contribution >= 0.6 is 11.6 Å². The van der Waals surface area contributed by atoms with Gasteiger partial charge < -0.3 is 0 Å². The Balaban J connectivity index is 1.95. The summed E-state index contributed by atoms with van der Waals surface area (Å²) in [4.78, 5) is 6.41. The summed E-state index contributed by atoms with van der Waals surface area (Å²) in [7, 11) is 2.03. The van der Waals surface area contributed by atoms with Crippen molar-refractivity contribution >= 4 is 11.6 Å². The number of pyridine rings is 1. The van der Waals surface area contributed by atoms with E-state index in [0.717, 1.165) is 21.7 Å². The lowest BCUT2D eigenvalue weighted by Gasteiger charge is -2.29. The van der Waals surface area contributed by atoms with Gasteiger partial charge in [0, 0.05) is 24.0 Å². The van der Waals surface area contributed by atoms with Crippen LogP contribution in [0.5, 0.6) is 0 Å². The first kappa shape index (κ1) is 16.6. The van der Waals surface area contributed by atoms with Crippen LogP contribution in [0.25, 0.3) is 0 Å². The monoisotopic (exact) mass is 340 g/mol. The van der Waals surface area contributed by atoms with Crippen molar-refractivity contribution in [2.45, 2.75) is 12.6 Å². The first-order valence-electron chi connectivity index (χ1n) is 7.74. The number of hydrogen-bond acceptors (Lipinski definition) is 2. The Labute approximate surface area is 146 Å². The molecule has 1 atom stereocenters. The Kier molecular flexibility index (Phi) is 5.24. The smallest absolute Gasteiger partial charge is 0.123 e. The fourth-order valence-electron chi connectivity index (χ4n) is 2.87. The van der Waals surface area contributed by atoms with Gasteiger partial charge in [-0.05, 0) is 48.0 Å². The van der Waals surface area contributed by atoms with Crippen molar-refractivity contribution in [2.75, 3.05) is 7.05 Å². The van der Waals surface area contributed by atoms with Crippen molar-refractivity contribution in [3.05, 3.63) is 101 Å². The van der Waals surface area contributed by atoms with Gasteiger partial charge in [-0.2, -0.15) is 0 Å². The molecule has 122 valence electrons. The first-order valence-corrected chi connectivity index (χ1v) is 8.12. The summed E-state index contributed by atoms with van der Waals surface area (Å²) >= 11 is 6.30. The molecule has 3 rings (SSSR count). The zero-order valence-electron chi connectivity index (χ0n) is 13.4. The van der Waals surface area contributed by atoms with E-state index >= 15 is 0 Å². The molecule has 0 bridgehead atoms. The van der Waals surface area contributed by atoms with Gasteiger partial charge in [-0.15, -0.1) is 0 Å². The SMILES string of the molecule is CN(Cc1ccccc1Cl)C(c1ccc(F)cc1)c1cccnc1. The van der Waals surface area contributed by atoms with E-state index in [9.17, 15) is 4.39 Å². The summed E-state index contributed by atoms with van der Waals surface area (Å²) in [5, 5.41) is 0.744. The highest BCUT2D eigenvalue weighted by atomic mass is 35.5. The van der Waals surface area contributed by atoms with Crippen molar-refractivity contribution in [1.82, 2.24) is 9.88 Å². The topological polar surface area (TPSA) is 16.1 Å². The molecule has 0 aliphatic carbocycles. The standard InChI is InChI=1S/C20H18ClFN2/c1-24(14-17-5-2-3-7-19(17)21)20(16-6-4-12-23-13-16)15-8-10-18(22)11-9-15/h2-13,20H,14H2,1H3. The summed E-state index contributed by atoms with van der Waals surface area (Å²) < 4.78 is 13.3. The predicted molar refractivity (Wildman–Crippen MR) is 95.4 cm³/mol. The summed E-state index contributed by atoms with van der Waals surface area (Å²) in [6.45, 7) is 0.677. The first-order chi connectivity index (χ1) is 11.6. The summed E-state index contributed by atoms with van der Waals surface area (Å²) in [6, 6.07) is 18.3. The molecular weight excluding hydrogens is 323 g/mol. The second-order valence-electron chi connectivity index (χ2n) is 5.75. The van der Waals surface area contributed by atoms with E-state index in [1.165, 1.54) is 12.1 Å². The number of nitrogens with zero attached hydrogens (tertiary/aromatic N) is 2. The van der Waals surface area contributed by atoms with Crippen LogP contribution in [-0.4, -0.2) is 16.9 Å². The average Bonchev–Trinajstić information content (AvgIpc) is 2.60. The van der Waals surface area contributed by atoms with Crippen molar-refractivity contribution < 1.29 is 4.39 Å². The van der Waals surface area contributed by atoms with E-state index < -0.39 is 0 Å². The van der Waals surface area contributed by atoms with Crippen molar-refractivity contribution in [3.8, 4) is 0 Å². The zero-order chi connectivity index (χ0) is 16.9. The molecule has 0 saturated heterocycles. The van der Waals surface area contributed by atoms with Crippen LogP contribution in [0.1, 0.15) is 22.7 Å². The minimum atomic E-state index is -0.238. The van der Waals surface area contributed by atoms with Crippen LogP contribution < -0.4 is 0 Å². The molecule has 1 unspecified atom stereocenters. The maximum absolute atomic E-state index is 13.3. The van der Waals surface area contributed by atoms with Crippen molar-refractivity contribution in [1.29, 1.82) is 0 Å². The Morgan fingerprint density at radius 1 is 1.00 bits per heavy atom. The van der Waals surface area contributed by atoms with Crippen molar-refractivity contribution in [2.24, 2.45) is 0 Å². The second-order valence-corrected chi connectivity index (χ2v) is 6.15. The summed E-state index contributed by atoms with van der Waals surface area (Å²) in [5.41, 5.74) is 3.12. The van der Waals surface area contributed by atoms with E-state index in [2.05, 4.69) is 9.88 Å². The molecule has 0 aliphatic rings. The van der Waals surface area contributed by atoms with Crippen LogP contribution in [0.15, 0.2) is 73.1 Å². The molecule has 4 heteroatoms. The molecule has 0 radical (unpaired) electrons. The van der Waals surface area contributed by atoms with Crippen molar-refractivity contribution in [3.63, 3.8) is 0 Å². The number of aromatic nitrogens is 1. The van der Waals surface area contributed by atoms with Gasteiger partial charge in [0.2, 0.25) is 0 Å². The molecular formula is C20H18ClFN2. The molecule has 3 aromatic rings. The highest BCUT2D eigenvalue weighted by Crippen LogP contribution is 2.29. The Bertz CT molecular complexity index is 790. The Hall–Kier alpha value is -2.23. The average molecular weight is 341 g/mol. The van der Waals surface area contributed by atoms with Gasteiger partial charge in [0.25, 0.3) is 0 Å². The third kappa shape index (κ3) is 3.81. The molecule has 1 aromatic heterocycles. The van der Waals surface area contributed by atoms with Gasteiger partial charge >= 0.3 is 0 Å². The minimum Gasteiger partial charge on any atom is -0.291 e. The molecule has 0 aliphatic heterocycles. The Morgan fingerprint density at radius 3 is 2.42 bits per heavy atom. The maximum Gasteiger partial charge on any atom is 0.123 e. The molecule has 0 saturated carbocycles. The quantitative estimate of drug-likeness (QED) is 0.642. The van der Waals surface area contributed by atoms with Crippen LogP contribution in [0.3, 0.4) is 0 Å². The fourth-order valence-corrected chi connectivity index (χ4v) is 3.07. The minimum absolute atomic E-state index is 0.0319. The van der Waals surface area contributed by atoms with Crippen LogP contribution in [0.2, 0.25) is 5.02 Å². The lowest BCUT2D eigenvalue weighted by Crippen LogP contribution is -2.25. The summed E-state index contributed by atoms with van der Waals surface area (Å²) in [6.07, 6.45) is 3.59. The van der Waals surface area contributed by atoms with E-state index in [4.69, 9.17) is 11.6 Å². The number of halogens is 2. The summed E-state index contributed by atoms with van der Waals surface area (Å²) in [5.74, 6) is -0.238. The van der Waals surface area contributed by atoms with Crippen LogP contribution in [0.4, 0.5) is 4.39 Å². The lowest BCUT2D eigenvalue weighted by molar-refractivity contribution is 0.270. The molecule has 2 aromatic carbocycles. The predicted octanol–water partition coefficient (Wildman–Crippen LogP) is 5.10. The molecule has 1 heterocycles. The van der Waals surface area contributed by atoms with Gasteiger partial charge in [-0.3, -0.25) is 9.88 Å². The van der Waals surface area contributed by atoms with Crippen LogP contribution in [-0.2, 0) is 6.54 Å². The number of rotatable bonds is 5. The highest BCUT2D eigenvalue weighted by Gasteiger charge is 2.20. The lowest BCUT2D eigenvalue weighted by atomic mass is 9.98. The largest absolute Gasteiger partial charge is 0.291 e. The molecule has 0 fully saturated rings. The maximum atomic E-state index is 13.3. The van der Waals surface area contributed by atoms with Gasteiger partial charge in [0.05, 0.1) is 6.04 Å².